The second-order valence-electron chi connectivity index (χ2n) is 8.42. The van der Waals surface area contributed by atoms with Gasteiger partial charge in [0.2, 0.25) is 0 Å². The normalized spacial score (nSPS) is 19.6. The maximum atomic E-state index is 14.4. The fourth-order valence-electron chi connectivity index (χ4n) is 4.33. The highest BCUT2D eigenvalue weighted by Gasteiger charge is 2.43. The Morgan fingerprint density at radius 3 is 2.63 bits per heavy atom. The molecule has 5 rings (SSSR count). The summed E-state index contributed by atoms with van der Waals surface area (Å²) in [6.07, 6.45) is -5.08. The average molecular weight is 528 g/mol. The summed E-state index contributed by atoms with van der Waals surface area (Å²) < 4.78 is 75.9. The molecular formula is C24H19ClF5N3OS. The van der Waals surface area contributed by atoms with Gasteiger partial charge >= 0.3 is 6.18 Å². The van der Waals surface area contributed by atoms with Crippen molar-refractivity contribution < 1.29 is 26.7 Å². The average Bonchev–Trinajstić information content (AvgIpc) is 3.39. The SMILES string of the molecule is NC1Nc2c(Cl)cc(CC(c3cc4c(c(-c5ccc(F)cc5)n3)OCC4CF)C(F)(F)F)cc2S1. The van der Waals surface area contributed by atoms with Gasteiger partial charge in [-0.1, -0.05) is 23.4 Å². The van der Waals surface area contributed by atoms with Crippen LogP contribution in [-0.2, 0) is 6.42 Å². The molecule has 184 valence electrons. The fraction of sp³-hybridized carbons (Fsp3) is 0.292. The van der Waals surface area contributed by atoms with Crippen LogP contribution in [0.1, 0.15) is 28.7 Å². The summed E-state index contributed by atoms with van der Waals surface area (Å²) in [6, 6.07) is 9.57. The Morgan fingerprint density at radius 1 is 1.20 bits per heavy atom. The third kappa shape index (κ3) is 4.66. The van der Waals surface area contributed by atoms with E-state index in [9.17, 15) is 22.0 Å². The van der Waals surface area contributed by atoms with Gasteiger partial charge in [-0.2, -0.15) is 13.2 Å². The number of alkyl halides is 4. The molecule has 3 aromatic rings. The number of hydrogen-bond acceptors (Lipinski definition) is 5. The largest absolute Gasteiger partial charge is 0.490 e. The molecule has 35 heavy (non-hydrogen) atoms. The molecule has 3 N–H and O–H groups in total. The van der Waals surface area contributed by atoms with E-state index in [-0.39, 0.29) is 28.8 Å². The van der Waals surface area contributed by atoms with Crippen molar-refractivity contribution in [3.8, 4) is 17.0 Å². The number of fused-ring (bicyclic) bond motifs is 2. The standard InChI is InChI=1S/C24H19ClF5N3OS/c25-17-6-11(7-19-21(17)33-23(31)35-19)5-16(24(28,29)30)18-8-15-13(9-26)10-34-22(15)20(32-18)12-1-3-14(27)4-2-12/h1-4,6-8,13,16,23,33H,5,9-10,31H2. The number of nitrogens with zero attached hydrogens (tertiary/aromatic N) is 1. The summed E-state index contributed by atoms with van der Waals surface area (Å²) in [6.45, 7) is -0.798. The molecule has 0 aliphatic carbocycles. The molecular weight excluding hydrogens is 509 g/mol. The van der Waals surface area contributed by atoms with E-state index in [0.717, 1.165) is 0 Å². The Hall–Kier alpha value is -2.56. The summed E-state index contributed by atoms with van der Waals surface area (Å²) in [5, 5.41) is 3.25. The van der Waals surface area contributed by atoms with E-state index in [2.05, 4.69) is 10.3 Å². The Kier molecular flexibility index (Phi) is 6.31. The van der Waals surface area contributed by atoms with Gasteiger partial charge in [0.1, 0.15) is 28.7 Å². The van der Waals surface area contributed by atoms with Crippen LogP contribution in [0.3, 0.4) is 0 Å². The molecule has 3 unspecified atom stereocenters. The van der Waals surface area contributed by atoms with Crippen molar-refractivity contribution in [1.29, 1.82) is 0 Å². The Bertz CT molecular complexity index is 1270. The van der Waals surface area contributed by atoms with Gasteiger partial charge in [-0.15, -0.1) is 0 Å². The zero-order valence-corrected chi connectivity index (χ0v) is 19.6. The number of nitrogens with one attached hydrogen (secondary N) is 1. The van der Waals surface area contributed by atoms with Crippen LogP contribution in [0, 0.1) is 5.82 Å². The zero-order valence-electron chi connectivity index (χ0n) is 18.0. The van der Waals surface area contributed by atoms with Crippen molar-refractivity contribution in [3.63, 3.8) is 0 Å². The van der Waals surface area contributed by atoms with Gasteiger partial charge in [0.05, 0.1) is 35.6 Å². The van der Waals surface area contributed by atoms with Gasteiger partial charge in [-0.25, -0.2) is 9.37 Å². The quantitative estimate of drug-likeness (QED) is 0.364. The monoisotopic (exact) mass is 527 g/mol. The van der Waals surface area contributed by atoms with E-state index in [1.165, 1.54) is 48.2 Å². The number of rotatable bonds is 5. The smallest absolute Gasteiger partial charge is 0.397 e. The topological polar surface area (TPSA) is 60.2 Å². The van der Waals surface area contributed by atoms with Crippen molar-refractivity contribution in [1.82, 2.24) is 4.98 Å². The van der Waals surface area contributed by atoms with Crippen molar-refractivity contribution in [2.75, 3.05) is 18.6 Å². The van der Waals surface area contributed by atoms with Crippen molar-refractivity contribution in [2.45, 2.75) is 34.8 Å². The van der Waals surface area contributed by atoms with Crippen LogP contribution in [0.5, 0.6) is 5.75 Å². The maximum absolute atomic E-state index is 14.4. The molecule has 3 heterocycles. The number of anilines is 1. The first-order chi connectivity index (χ1) is 16.6. The van der Waals surface area contributed by atoms with Gasteiger partial charge < -0.3 is 15.8 Å². The number of ether oxygens (including phenoxy) is 1. The first kappa shape index (κ1) is 24.1. The first-order valence-corrected chi connectivity index (χ1v) is 12.0. The zero-order chi connectivity index (χ0) is 24.9. The van der Waals surface area contributed by atoms with Crippen molar-refractivity contribution in [3.05, 3.63) is 70.1 Å². The van der Waals surface area contributed by atoms with Gasteiger partial charge in [0, 0.05) is 16.0 Å². The Balaban J connectivity index is 1.60. The highest BCUT2D eigenvalue weighted by molar-refractivity contribution is 8.00. The maximum Gasteiger partial charge on any atom is 0.397 e. The van der Waals surface area contributed by atoms with E-state index in [0.29, 0.717) is 27.3 Å². The molecule has 2 aliphatic heterocycles. The molecule has 2 aromatic carbocycles. The van der Waals surface area contributed by atoms with Crippen LogP contribution >= 0.6 is 23.4 Å². The lowest BCUT2D eigenvalue weighted by atomic mass is 9.91. The molecule has 0 bridgehead atoms. The van der Waals surface area contributed by atoms with Crippen LogP contribution in [0.4, 0.5) is 27.6 Å². The molecule has 0 spiro atoms. The molecule has 11 heteroatoms. The summed E-state index contributed by atoms with van der Waals surface area (Å²) in [5.41, 5.74) is 6.94. The van der Waals surface area contributed by atoms with Crippen molar-refractivity contribution in [2.24, 2.45) is 5.73 Å². The number of aromatic nitrogens is 1. The number of benzene rings is 2. The second kappa shape index (κ2) is 9.15. The third-order valence-electron chi connectivity index (χ3n) is 6.04. The fourth-order valence-corrected chi connectivity index (χ4v) is 5.64. The molecule has 0 radical (unpaired) electrons. The molecule has 4 nitrogen and oxygen atoms in total. The Labute approximate surface area is 207 Å². The summed E-state index contributed by atoms with van der Waals surface area (Å²) in [5.74, 6) is -2.98. The third-order valence-corrected chi connectivity index (χ3v) is 7.29. The predicted octanol–water partition coefficient (Wildman–Crippen LogP) is 6.64. The van der Waals surface area contributed by atoms with Crippen LogP contribution in [0.15, 0.2) is 47.4 Å². The molecule has 0 fully saturated rings. The number of halogens is 6. The van der Waals surface area contributed by atoms with E-state index in [1.54, 1.807) is 6.07 Å². The molecule has 3 atom stereocenters. The van der Waals surface area contributed by atoms with Crippen LogP contribution in [0.25, 0.3) is 11.3 Å². The highest BCUT2D eigenvalue weighted by Crippen LogP contribution is 2.47. The minimum Gasteiger partial charge on any atom is -0.490 e. The summed E-state index contributed by atoms with van der Waals surface area (Å²) in [7, 11) is 0. The highest BCUT2D eigenvalue weighted by atomic mass is 35.5. The minimum absolute atomic E-state index is 0.00719. The van der Waals surface area contributed by atoms with Crippen LogP contribution in [-0.4, -0.2) is 29.9 Å². The molecule has 2 aliphatic rings. The molecule has 0 saturated carbocycles. The summed E-state index contributed by atoms with van der Waals surface area (Å²) >= 11 is 7.57. The summed E-state index contributed by atoms with van der Waals surface area (Å²) in [4.78, 5) is 4.99. The van der Waals surface area contributed by atoms with E-state index >= 15 is 0 Å². The number of hydrogen-bond donors (Lipinski definition) is 2. The Morgan fingerprint density at radius 2 is 1.94 bits per heavy atom. The number of thioether (sulfide) groups is 1. The second-order valence-corrected chi connectivity index (χ2v) is 10.0. The predicted molar refractivity (Wildman–Crippen MR) is 125 cm³/mol. The van der Waals surface area contributed by atoms with Gasteiger partial charge in [-0.3, -0.25) is 4.39 Å². The van der Waals surface area contributed by atoms with Crippen LogP contribution < -0.4 is 15.8 Å². The number of nitrogens with two attached hydrogens (primary N) is 1. The van der Waals surface area contributed by atoms with Gasteiger partial charge in [0.15, 0.2) is 0 Å². The van der Waals surface area contributed by atoms with E-state index < -0.39 is 42.4 Å². The van der Waals surface area contributed by atoms with E-state index in [4.69, 9.17) is 22.1 Å². The lowest BCUT2D eigenvalue weighted by molar-refractivity contribution is -0.151. The van der Waals surface area contributed by atoms with Crippen molar-refractivity contribution >= 4 is 29.1 Å². The minimum atomic E-state index is -4.65. The lowest BCUT2D eigenvalue weighted by Crippen LogP contribution is -2.24. The van der Waals surface area contributed by atoms with Gasteiger partial charge in [-0.05, 0) is 54.4 Å². The molecule has 0 saturated heterocycles. The first-order valence-electron chi connectivity index (χ1n) is 10.7. The van der Waals surface area contributed by atoms with Gasteiger partial charge in [0.25, 0.3) is 0 Å². The van der Waals surface area contributed by atoms with Crippen LogP contribution in [0.2, 0.25) is 5.02 Å². The number of pyridine rings is 1. The molecule has 1 aromatic heterocycles. The lowest BCUT2D eigenvalue weighted by Gasteiger charge is -2.22. The van der Waals surface area contributed by atoms with E-state index in [1.807, 2.05) is 0 Å². The molecule has 0 amide bonds.